The standard InChI is InChI=1S/C20H21N3O2S/c1-13-9-14(2)11-17(10-13)19-22-23-20(25-19)26-12-18(24)21-15(3)16-7-5-4-6-8-16/h4-11,15H,12H2,1-3H3,(H,21,24)/t15-/m0/s1. The Morgan fingerprint density at radius 1 is 1.12 bits per heavy atom. The monoisotopic (exact) mass is 367 g/mol. The fourth-order valence-corrected chi connectivity index (χ4v) is 3.29. The van der Waals surface area contributed by atoms with E-state index in [2.05, 4.69) is 21.6 Å². The van der Waals surface area contributed by atoms with Crippen molar-refractivity contribution in [3.8, 4) is 11.5 Å². The Labute approximate surface area is 157 Å². The highest BCUT2D eigenvalue weighted by Crippen LogP contribution is 2.25. The number of rotatable bonds is 6. The van der Waals surface area contributed by atoms with Crippen molar-refractivity contribution < 1.29 is 9.21 Å². The lowest BCUT2D eigenvalue weighted by Crippen LogP contribution is -2.28. The number of hydrogen-bond acceptors (Lipinski definition) is 5. The van der Waals surface area contributed by atoms with Crippen LogP contribution in [0.4, 0.5) is 0 Å². The first-order valence-corrected chi connectivity index (χ1v) is 9.39. The van der Waals surface area contributed by atoms with Crippen molar-refractivity contribution in [2.45, 2.75) is 32.0 Å². The van der Waals surface area contributed by atoms with E-state index in [-0.39, 0.29) is 17.7 Å². The van der Waals surface area contributed by atoms with Crippen molar-refractivity contribution in [1.29, 1.82) is 0 Å². The van der Waals surface area contributed by atoms with Crippen LogP contribution in [0, 0.1) is 13.8 Å². The number of aryl methyl sites for hydroxylation is 2. The van der Waals surface area contributed by atoms with Crippen LogP contribution in [0.15, 0.2) is 58.2 Å². The molecule has 1 N–H and O–H groups in total. The highest BCUT2D eigenvalue weighted by atomic mass is 32.2. The Bertz CT molecular complexity index is 873. The number of nitrogens with zero attached hydrogens (tertiary/aromatic N) is 2. The van der Waals surface area contributed by atoms with Gasteiger partial charge in [-0.05, 0) is 38.5 Å². The minimum Gasteiger partial charge on any atom is -0.411 e. The summed E-state index contributed by atoms with van der Waals surface area (Å²) in [6.07, 6.45) is 0. The molecule has 0 aliphatic heterocycles. The van der Waals surface area contributed by atoms with E-state index in [1.54, 1.807) is 0 Å². The maximum atomic E-state index is 12.1. The van der Waals surface area contributed by atoms with E-state index in [4.69, 9.17) is 4.42 Å². The molecule has 0 spiro atoms. The van der Waals surface area contributed by atoms with Crippen LogP contribution in [0.1, 0.15) is 29.7 Å². The molecular formula is C20H21N3O2S. The molecular weight excluding hydrogens is 346 g/mol. The van der Waals surface area contributed by atoms with Crippen molar-refractivity contribution in [3.63, 3.8) is 0 Å². The molecule has 3 aromatic rings. The van der Waals surface area contributed by atoms with E-state index < -0.39 is 0 Å². The molecule has 26 heavy (non-hydrogen) atoms. The quantitative estimate of drug-likeness (QED) is 0.657. The second kappa shape index (κ2) is 8.19. The van der Waals surface area contributed by atoms with Crippen LogP contribution in [0.5, 0.6) is 0 Å². The average Bonchev–Trinajstić information content (AvgIpc) is 3.09. The number of aromatic nitrogens is 2. The Morgan fingerprint density at radius 2 is 1.81 bits per heavy atom. The zero-order valence-electron chi connectivity index (χ0n) is 15.0. The molecule has 0 aliphatic carbocycles. The molecule has 1 heterocycles. The summed E-state index contributed by atoms with van der Waals surface area (Å²) in [6, 6.07) is 15.9. The largest absolute Gasteiger partial charge is 0.411 e. The Morgan fingerprint density at radius 3 is 2.50 bits per heavy atom. The molecule has 2 aromatic carbocycles. The lowest BCUT2D eigenvalue weighted by atomic mass is 10.1. The molecule has 3 rings (SSSR count). The Balaban J connectivity index is 1.57. The molecule has 0 aliphatic rings. The molecule has 0 fully saturated rings. The normalized spacial score (nSPS) is 12.0. The van der Waals surface area contributed by atoms with Gasteiger partial charge in [-0.2, -0.15) is 0 Å². The first kappa shape index (κ1) is 18.2. The molecule has 1 atom stereocenters. The van der Waals surface area contributed by atoms with Crippen molar-refractivity contribution >= 4 is 17.7 Å². The minimum atomic E-state index is -0.0718. The van der Waals surface area contributed by atoms with Gasteiger partial charge in [-0.15, -0.1) is 10.2 Å². The second-order valence-electron chi connectivity index (χ2n) is 6.24. The smallest absolute Gasteiger partial charge is 0.277 e. The number of thioether (sulfide) groups is 1. The van der Waals surface area contributed by atoms with Crippen LogP contribution < -0.4 is 5.32 Å². The van der Waals surface area contributed by atoms with Gasteiger partial charge in [0.15, 0.2) is 0 Å². The van der Waals surface area contributed by atoms with E-state index in [0.717, 1.165) is 22.3 Å². The summed E-state index contributed by atoms with van der Waals surface area (Å²) in [4.78, 5) is 12.1. The summed E-state index contributed by atoms with van der Waals surface area (Å²) in [5.41, 5.74) is 4.24. The zero-order chi connectivity index (χ0) is 18.5. The number of hydrogen-bond donors (Lipinski definition) is 1. The van der Waals surface area contributed by atoms with E-state index in [1.807, 2.05) is 63.2 Å². The van der Waals surface area contributed by atoms with Gasteiger partial charge in [-0.25, -0.2) is 0 Å². The predicted molar refractivity (Wildman–Crippen MR) is 103 cm³/mol. The van der Waals surface area contributed by atoms with Gasteiger partial charge in [-0.1, -0.05) is 59.3 Å². The Kier molecular flexibility index (Phi) is 5.73. The molecule has 0 unspecified atom stereocenters. The lowest BCUT2D eigenvalue weighted by molar-refractivity contribution is -0.119. The number of carbonyl (C=O) groups excluding carboxylic acids is 1. The summed E-state index contributed by atoms with van der Waals surface area (Å²) in [7, 11) is 0. The maximum absolute atomic E-state index is 12.1. The summed E-state index contributed by atoms with van der Waals surface area (Å²) in [5.74, 6) is 0.626. The Hall–Kier alpha value is -2.60. The third-order valence-electron chi connectivity index (χ3n) is 3.88. The molecule has 134 valence electrons. The summed E-state index contributed by atoms with van der Waals surface area (Å²) >= 11 is 1.24. The van der Waals surface area contributed by atoms with Crippen molar-refractivity contribution in [2.75, 3.05) is 5.75 Å². The van der Waals surface area contributed by atoms with Crippen molar-refractivity contribution in [3.05, 3.63) is 65.2 Å². The molecule has 1 aromatic heterocycles. The maximum Gasteiger partial charge on any atom is 0.277 e. The third-order valence-corrected chi connectivity index (χ3v) is 4.70. The van der Waals surface area contributed by atoms with Crippen molar-refractivity contribution in [1.82, 2.24) is 15.5 Å². The van der Waals surface area contributed by atoms with Crippen LogP contribution in [0.2, 0.25) is 0 Å². The zero-order valence-corrected chi connectivity index (χ0v) is 15.8. The van der Waals surface area contributed by atoms with Crippen LogP contribution in [0.25, 0.3) is 11.5 Å². The molecule has 1 amide bonds. The number of carbonyl (C=O) groups is 1. The summed E-state index contributed by atoms with van der Waals surface area (Å²) < 4.78 is 5.68. The topological polar surface area (TPSA) is 68.0 Å². The van der Waals surface area contributed by atoms with E-state index in [1.165, 1.54) is 11.8 Å². The summed E-state index contributed by atoms with van der Waals surface area (Å²) in [6.45, 7) is 6.02. The van der Waals surface area contributed by atoms with Crippen LogP contribution in [-0.4, -0.2) is 21.9 Å². The van der Waals surface area contributed by atoms with E-state index in [9.17, 15) is 4.79 Å². The van der Waals surface area contributed by atoms with Gasteiger partial charge >= 0.3 is 0 Å². The van der Waals surface area contributed by atoms with Gasteiger partial charge in [0.2, 0.25) is 11.8 Å². The molecule has 5 nitrogen and oxygen atoms in total. The molecule has 0 radical (unpaired) electrons. The first-order chi connectivity index (χ1) is 12.5. The van der Waals surface area contributed by atoms with Gasteiger partial charge in [-0.3, -0.25) is 4.79 Å². The van der Waals surface area contributed by atoms with E-state index in [0.29, 0.717) is 11.1 Å². The fraction of sp³-hybridized carbons (Fsp3) is 0.250. The predicted octanol–water partition coefficient (Wildman–Crippen LogP) is 4.32. The van der Waals surface area contributed by atoms with Gasteiger partial charge in [0, 0.05) is 5.56 Å². The van der Waals surface area contributed by atoms with Crippen molar-refractivity contribution in [2.24, 2.45) is 0 Å². The van der Waals surface area contributed by atoms with Crippen LogP contribution >= 0.6 is 11.8 Å². The molecule has 0 saturated carbocycles. The first-order valence-electron chi connectivity index (χ1n) is 8.40. The van der Waals surface area contributed by atoms with Gasteiger partial charge in [0.1, 0.15) is 0 Å². The number of amides is 1. The highest BCUT2D eigenvalue weighted by molar-refractivity contribution is 7.99. The molecule has 6 heteroatoms. The second-order valence-corrected chi connectivity index (χ2v) is 7.16. The molecule has 0 bridgehead atoms. The van der Waals surface area contributed by atoms with E-state index >= 15 is 0 Å². The number of nitrogens with one attached hydrogen (secondary N) is 1. The average molecular weight is 367 g/mol. The van der Waals surface area contributed by atoms with Crippen LogP contribution in [0.3, 0.4) is 0 Å². The highest BCUT2D eigenvalue weighted by Gasteiger charge is 2.13. The SMILES string of the molecule is Cc1cc(C)cc(-c2nnc(SCC(=O)N[C@@H](C)c3ccccc3)o2)c1. The third kappa shape index (κ3) is 4.73. The molecule has 0 saturated heterocycles. The minimum absolute atomic E-state index is 0.0437. The fourth-order valence-electron chi connectivity index (χ4n) is 2.72. The van der Waals surface area contributed by atoms with Gasteiger partial charge in [0.05, 0.1) is 11.8 Å². The number of benzene rings is 2. The van der Waals surface area contributed by atoms with Gasteiger partial charge in [0.25, 0.3) is 5.22 Å². The summed E-state index contributed by atoms with van der Waals surface area (Å²) in [5, 5.41) is 11.5. The van der Waals surface area contributed by atoms with Crippen LogP contribution in [-0.2, 0) is 4.79 Å². The lowest BCUT2D eigenvalue weighted by Gasteiger charge is -2.13. The van der Waals surface area contributed by atoms with Gasteiger partial charge < -0.3 is 9.73 Å².